The number of sulfonamides is 1. The lowest BCUT2D eigenvalue weighted by molar-refractivity contribution is 0.0964. The van der Waals surface area contributed by atoms with E-state index in [1.54, 1.807) is 37.4 Å². The van der Waals surface area contributed by atoms with E-state index < -0.39 is 21.7 Å². The van der Waals surface area contributed by atoms with Crippen molar-refractivity contribution in [3.05, 3.63) is 90.1 Å². The Hall–Kier alpha value is -5.14. The average molecular weight is 646 g/mol. The van der Waals surface area contributed by atoms with Gasteiger partial charge in [0.1, 0.15) is 28.7 Å². The summed E-state index contributed by atoms with van der Waals surface area (Å²) in [4.78, 5) is 13.2. The molecule has 0 aliphatic heterocycles. The molecule has 236 valence electrons. The smallest absolute Gasteiger partial charge is 0.255 e. The van der Waals surface area contributed by atoms with E-state index in [1.165, 1.54) is 56.7 Å². The number of fused-ring (bicyclic) bond motifs is 2. The standard InChI is InChI=1S/C33H29F2N5O5S/c1-36-33(41)31-24-15-22(28(39(2)46(4,42)43)17-30(24)45-32(31)19-8-10-21(34)11-9-19)20-14-26(38-37-18-20)29-16-23-25(35)6-5-7-27(23)40(29)12-13-44-3/h5-11,14-18H,12-13H2,1-4H3,(H,36,41). The van der Waals surface area contributed by atoms with Crippen molar-refractivity contribution in [3.63, 3.8) is 0 Å². The predicted octanol–water partition coefficient (Wildman–Crippen LogP) is 5.86. The summed E-state index contributed by atoms with van der Waals surface area (Å²) < 4.78 is 68.6. The number of hydrogen-bond acceptors (Lipinski definition) is 7. The monoisotopic (exact) mass is 645 g/mol. The molecule has 0 fully saturated rings. The Morgan fingerprint density at radius 1 is 1.04 bits per heavy atom. The van der Waals surface area contributed by atoms with E-state index in [1.807, 2.05) is 4.57 Å². The van der Waals surface area contributed by atoms with Crippen LogP contribution in [0.1, 0.15) is 10.4 Å². The molecule has 10 nitrogen and oxygen atoms in total. The Morgan fingerprint density at radius 3 is 2.50 bits per heavy atom. The molecule has 6 rings (SSSR count). The maximum atomic E-state index is 14.8. The van der Waals surface area contributed by atoms with Gasteiger partial charge in [0, 0.05) is 61.3 Å². The number of nitrogens with zero attached hydrogens (tertiary/aromatic N) is 4. The minimum atomic E-state index is -3.76. The van der Waals surface area contributed by atoms with E-state index in [4.69, 9.17) is 9.15 Å². The van der Waals surface area contributed by atoms with Crippen LogP contribution in [0.25, 0.3) is 55.7 Å². The van der Waals surface area contributed by atoms with Crippen LogP contribution in [-0.2, 0) is 21.3 Å². The zero-order valence-electron chi connectivity index (χ0n) is 25.3. The molecule has 3 aromatic carbocycles. The van der Waals surface area contributed by atoms with Crippen molar-refractivity contribution in [3.8, 4) is 33.8 Å². The highest BCUT2D eigenvalue weighted by Gasteiger charge is 2.26. The minimum Gasteiger partial charge on any atom is -0.455 e. The van der Waals surface area contributed by atoms with Gasteiger partial charge in [-0.3, -0.25) is 9.10 Å². The zero-order chi connectivity index (χ0) is 32.7. The van der Waals surface area contributed by atoms with Crippen LogP contribution in [0.4, 0.5) is 14.5 Å². The molecule has 3 aromatic heterocycles. The Balaban J connectivity index is 1.61. The van der Waals surface area contributed by atoms with Crippen molar-refractivity contribution in [2.45, 2.75) is 6.54 Å². The first-order chi connectivity index (χ1) is 22.0. The molecule has 0 radical (unpaired) electrons. The van der Waals surface area contributed by atoms with E-state index in [-0.39, 0.29) is 28.4 Å². The molecule has 3 heterocycles. The van der Waals surface area contributed by atoms with Crippen LogP contribution in [0.3, 0.4) is 0 Å². The largest absolute Gasteiger partial charge is 0.455 e. The number of nitrogens with one attached hydrogen (secondary N) is 1. The number of methoxy groups -OCH3 is 1. The van der Waals surface area contributed by atoms with Crippen molar-refractivity contribution in [2.24, 2.45) is 0 Å². The second kappa shape index (κ2) is 12.0. The number of amides is 1. The Morgan fingerprint density at radius 2 is 1.80 bits per heavy atom. The van der Waals surface area contributed by atoms with Crippen LogP contribution in [0.2, 0.25) is 0 Å². The number of aromatic nitrogens is 3. The fraction of sp³-hybridized carbons (Fsp3) is 0.182. The number of carbonyl (C=O) groups is 1. The number of furan rings is 1. The van der Waals surface area contributed by atoms with Crippen LogP contribution >= 0.6 is 0 Å². The maximum Gasteiger partial charge on any atom is 0.255 e. The summed E-state index contributed by atoms with van der Waals surface area (Å²) in [6, 6.07) is 16.9. The van der Waals surface area contributed by atoms with Crippen molar-refractivity contribution in [1.82, 2.24) is 20.1 Å². The molecule has 0 saturated carbocycles. The number of benzene rings is 3. The molecule has 0 unspecified atom stereocenters. The summed E-state index contributed by atoms with van der Waals surface area (Å²) in [5, 5.41) is 12.0. The zero-order valence-corrected chi connectivity index (χ0v) is 26.2. The first kappa shape index (κ1) is 30.9. The average Bonchev–Trinajstić information content (AvgIpc) is 3.61. The van der Waals surface area contributed by atoms with Crippen LogP contribution in [-0.4, -0.2) is 63.2 Å². The van der Waals surface area contributed by atoms with Gasteiger partial charge in [-0.25, -0.2) is 17.2 Å². The second-order valence-corrected chi connectivity index (χ2v) is 12.7. The molecule has 6 aromatic rings. The van der Waals surface area contributed by atoms with Gasteiger partial charge < -0.3 is 19.0 Å². The van der Waals surface area contributed by atoms with Crippen LogP contribution in [0.15, 0.2) is 77.3 Å². The molecule has 1 amide bonds. The van der Waals surface area contributed by atoms with Crippen molar-refractivity contribution < 1.29 is 31.1 Å². The minimum absolute atomic E-state index is 0.191. The summed E-state index contributed by atoms with van der Waals surface area (Å²) in [7, 11) is 0.700. The predicted molar refractivity (Wildman–Crippen MR) is 172 cm³/mol. The molecule has 0 spiro atoms. The van der Waals surface area contributed by atoms with Gasteiger partial charge in [0.05, 0.1) is 41.5 Å². The molecule has 13 heteroatoms. The molecule has 0 bridgehead atoms. The summed E-state index contributed by atoms with van der Waals surface area (Å²) in [5.74, 6) is -1.10. The number of anilines is 1. The molecular formula is C33H29F2N5O5S. The summed E-state index contributed by atoms with van der Waals surface area (Å²) in [6.07, 6.45) is 2.55. The van der Waals surface area contributed by atoms with Gasteiger partial charge in [0.25, 0.3) is 5.91 Å². The SMILES string of the molecule is CNC(=O)c1c(-c2ccc(F)cc2)oc2cc(N(C)S(C)(=O)=O)c(-c3cnnc(-c4cc5c(F)cccc5n4CCOC)c3)cc12. The third kappa shape index (κ3) is 5.48. The van der Waals surface area contributed by atoms with Crippen LogP contribution in [0.5, 0.6) is 0 Å². The van der Waals surface area contributed by atoms with E-state index in [0.717, 1.165) is 10.6 Å². The van der Waals surface area contributed by atoms with Crippen molar-refractivity contribution in [1.29, 1.82) is 0 Å². The molecule has 0 aliphatic carbocycles. The lowest BCUT2D eigenvalue weighted by Gasteiger charge is -2.20. The summed E-state index contributed by atoms with van der Waals surface area (Å²) in [5.41, 5.74) is 3.68. The Bertz CT molecular complexity index is 2230. The first-order valence-corrected chi connectivity index (χ1v) is 16.0. The molecular weight excluding hydrogens is 616 g/mol. The number of carbonyl (C=O) groups excluding carboxylic acids is 1. The number of hydrogen-bond donors (Lipinski definition) is 1. The van der Waals surface area contributed by atoms with Crippen LogP contribution in [0, 0.1) is 11.6 Å². The van der Waals surface area contributed by atoms with Crippen molar-refractivity contribution in [2.75, 3.05) is 38.4 Å². The summed E-state index contributed by atoms with van der Waals surface area (Å²) in [6.45, 7) is 0.773. The molecule has 0 saturated heterocycles. The summed E-state index contributed by atoms with van der Waals surface area (Å²) >= 11 is 0. The highest BCUT2D eigenvalue weighted by atomic mass is 32.2. The van der Waals surface area contributed by atoms with E-state index >= 15 is 0 Å². The fourth-order valence-corrected chi connectivity index (χ4v) is 5.99. The Kier molecular flexibility index (Phi) is 8.04. The maximum absolute atomic E-state index is 14.8. The molecule has 0 aliphatic rings. The quantitative estimate of drug-likeness (QED) is 0.209. The van der Waals surface area contributed by atoms with Gasteiger partial charge in [-0.1, -0.05) is 6.07 Å². The highest BCUT2D eigenvalue weighted by molar-refractivity contribution is 7.92. The molecule has 46 heavy (non-hydrogen) atoms. The third-order valence-electron chi connectivity index (χ3n) is 7.84. The van der Waals surface area contributed by atoms with E-state index in [9.17, 15) is 22.0 Å². The lowest BCUT2D eigenvalue weighted by Crippen LogP contribution is -2.25. The Labute approximate surface area is 263 Å². The third-order valence-corrected chi connectivity index (χ3v) is 9.03. The topological polar surface area (TPSA) is 120 Å². The highest BCUT2D eigenvalue weighted by Crippen LogP contribution is 2.42. The normalized spacial score (nSPS) is 11.8. The second-order valence-electron chi connectivity index (χ2n) is 10.7. The van der Waals surface area contributed by atoms with Gasteiger partial charge in [0.15, 0.2) is 0 Å². The van der Waals surface area contributed by atoms with Crippen LogP contribution < -0.4 is 9.62 Å². The number of rotatable bonds is 9. The van der Waals surface area contributed by atoms with Gasteiger partial charge >= 0.3 is 0 Å². The fourth-order valence-electron chi connectivity index (χ4n) is 5.48. The lowest BCUT2D eigenvalue weighted by atomic mass is 9.99. The van der Waals surface area contributed by atoms with Gasteiger partial charge in [0.2, 0.25) is 10.0 Å². The van der Waals surface area contributed by atoms with Gasteiger partial charge in [-0.05, 0) is 54.6 Å². The van der Waals surface area contributed by atoms with Gasteiger partial charge in [-0.2, -0.15) is 5.10 Å². The number of halogens is 2. The molecule has 1 N–H and O–H groups in total. The first-order valence-electron chi connectivity index (χ1n) is 14.1. The molecule has 0 atom stereocenters. The van der Waals surface area contributed by atoms with Crippen molar-refractivity contribution >= 4 is 43.5 Å². The van der Waals surface area contributed by atoms with E-state index in [2.05, 4.69) is 15.5 Å². The number of ether oxygens (including phenoxy) is 1. The van der Waals surface area contributed by atoms with Gasteiger partial charge in [-0.15, -0.1) is 5.10 Å². The van der Waals surface area contributed by atoms with E-state index in [0.29, 0.717) is 57.5 Å².